The van der Waals surface area contributed by atoms with E-state index in [4.69, 9.17) is 4.74 Å². The summed E-state index contributed by atoms with van der Waals surface area (Å²) in [6.07, 6.45) is 3.39. The number of hydrogen-bond acceptors (Lipinski definition) is 2. The van der Waals surface area contributed by atoms with Gasteiger partial charge in [-0.15, -0.1) is 0 Å². The van der Waals surface area contributed by atoms with Crippen LogP contribution < -0.4 is 0 Å². The summed E-state index contributed by atoms with van der Waals surface area (Å²) in [5, 5.41) is 0. The van der Waals surface area contributed by atoms with Gasteiger partial charge in [0.25, 0.3) is 0 Å². The van der Waals surface area contributed by atoms with Crippen LogP contribution >= 0.6 is 0 Å². The Morgan fingerprint density at radius 2 is 2.36 bits per heavy atom. The Morgan fingerprint density at radius 3 is 2.91 bits per heavy atom. The maximum atomic E-state index is 11.1. The van der Waals surface area contributed by atoms with Crippen molar-refractivity contribution in [3.8, 4) is 0 Å². The lowest BCUT2D eigenvalue weighted by molar-refractivity contribution is -0.131. The molecular formula is C9H16O2. The summed E-state index contributed by atoms with van der Waals surface area (Å²) in [4.78, 5) is 11.1. The molecule has 1 aliphatic rings. The van der Waals surface area contributed by atoms with Crippen LogP contribution in [0.4, 0.5) is 0 Å². The molecule has 1 aliphatic carbocycles. The zero-order chi connectivity index (χ0) is 8.32. The van der Waals surface area contributed by atoms with Crippen LogP contribution in [0.15, 0.2) is 0 Å². The van der Waals surface area contributed by atoms with Gasteiger partial charge in [0.15, 0.2) is 0 Å². The Morgan fingerprint density at radius 1 is 1.64 bits per heavy atom. The summed E-state index contributed by atoms with van der Waals surface area (Å²) in [6.45, 7) is 4.72. The van der Waals surface area contributed by atoms with E-state index in [1.165, 1.54) is 0 Å². The SMILES string of the molecule is CCOC1(C)CCCC(=O)C1. The fourth-order valence-electron chi connectivity index (χ4n) is 1.73. The van der Waals surface area contributed by atoms with E-state index in [0.29, 0.717) is 18.8 Å². The van der Waals surface area contributed by atoms with Gasteiger partial charge in [0, 0.05) is 19.4 Å². The van der Waals surface area contributed by atoms with Crippen molar-refractivity contribution >= 4 is 5.78 Å². The third-order valence-corrected chi connectivity index (χ3v) is 2.23. The van der Waals surface area contributed by atoms with Gasteiger partial charge in [0.2, 0.25) is 0 Å². The molecule has 0 radical (unpaired) electrons. The Hall–Kier alpha value is -0.370. The van der Waals surface area contributed by atoms with E-state index in [9.17, 15) is 4.79 Å². The van der Waals surface area contributed by atoms with E-state index in [-0.39, 0.29) is 5.60 Å². The monoisotopic (exact) mass is 156 g/mol. The van der Waals surface area contributed by atoms with Gasteiger partial charge in [-0.2, -0.15) is 0 Å². The molecule has 0 bridgehead atoms. The number of carbonyl (C=O) groups is 1. The predicted molar refractivity (Wildman–Crippen MR) is 43.5 cm³/mol. The summed E-state index contributed by atoms with van der Waals surface area (Å²) in [5.41, 5.74) is -0.149. The molecule has 1 saturated carbocycles. The molecule has 0 aromatic carbocycles. The highest BCUT2D eigenvalue weighted by Gasteiger charge is 2.31. The molecular weight excluding hydrogens is 140 g/mol. The summed E-state index contributed by atoms with van der Waals surface area (Å²) in [7, 11) is 0. The Balaban J connectivity index is 2.48. The van der Waals surface area contributed by atoms with Crippen LogP contribution in [0.5, 0.6) is 0 Å². The van der Waals surface area contributed by atoms with Crippen LogP contribution in [0.3, 0.4) is 0 Å². The third kappa shape index (κ3) is 2.29. The summed E-state index contributed by atoms with van der Waals surface area (Å²) in [5.74, 6) is 0.354. The molecule has 1 unspecified atom stereocenters. The van der Waals surface area contributed by atoms with E-state index >= 15 is 0 Å². The van der Waals surface area contributed by atoms with Gasteiger partial charge in [-0.05, 0) is 26.7 Å². The lowest BCUT2D eigenvalue weighted by Gasteiger charge is -2.32. The molecule has 2 heteroatoms. The van der Waals surface area contributed by atoms with E-state index < -0.39 is 0 Å². The molecule has 64 valence electrons. The van der Waals surface area contributed by atoms with Crippen LogP contribution in [-0.2, 0) is 9.53 Å². The van der Waals surface area contributed by atoms with Gasteiger partial charge < -0.3 is 4.74 Å². The first kappa shape index (κ1) is 8.72. The van der Waals surface area contributed by atoms with E-state index in [0.717, 1.165) is 19.3 Å². The number of ether oxygens (including phenoxy) is 1. The van der Waals surface area contributed by atoms with Crippen molar-refractivity contribution in [2.75, 3.05) is 6.61 Å². The number of Topliss-reactive ketones (excluding diaryl/α,β-unsaturated/α-hetero) is 1. The minimum absolute atomic E-state index is 0.149. The highest BCUT2D eigenvalue weighted by molar-refractivity contribution is 5.80. The molecule has 0 amide bonds. The van der Waals surface area contributed by atoms with Crippen molar-refractivity contribution in [2.45, 2.75) is 45.1 Å². The molecule has 0 spiro atoms. The molecule has 0 aromatic rings. The Bertz CT molecular complexity index is 150. The molecule has 0 N–H and O–H groups in total. The van der Waals surface area contributed by atoms with Gasteiger partial charge in [0.05, 0.1) is 5.60 Å². The standard InChI is InChI=1S/C9H16O2/c1-3-11-9(2)6-4-5-8(10)7-9/h3-7H2,1-2H3. The van der Waals surface area contributed by atoms with Crippen LogP contribution in [-0.4, -0.2) is 18.0 Å². The molecule has 0 aromatic heterocycles. The molecule has 11 heavy (non-hydrogen) atoms. The quantitative estimate of drug-likeness (QED) is 0.610. The van der Waals surface area contributed by atoms with E-state index in [1.807, 2.05) is 13.8 Å². The topological polar surface area (TPSA) is 26.3 Å². The maximum absolute atomic E-state index is 11.1. The molecule has 0 aliphatic heterocycles. The minimum atomic E-state index is -0.149. The first-order valence-corrected chi connectivity index (χ1v) is 4.32. The summed E-state index contributed by atoms with van der Waals surface area (Å²) < 4.78 is 5.52. The van der Waals surface area contributed by atoms with Crippen molar-refractivity contribution < 1.29 is 9.53 Å². The van der Waals surface area contributed by atoms with E-state index in [1.54, 1.807) is 0 Å². The maximum Gasteiger partial charge on any atom is 0.135 e. The van der Waals surface area contributed by atoms with Crippen molar-refractivity contribution in [1.82, 2.24) is 0 Å². The smallest absolute Gasteiger partial charge is 0.135 e. The lowest BCUT2D eigenvalue weighted by Crippen LogP contribution is -2.35. The van der Waals surface area contributed by atoms with Crippen LogP contribution in [0.2, 0.25) is 0 Å². The number of ketones is 1. The Kier molecular flexibility index (Phi) is 2.66. The molecule has 1 rings (SSSR count). The summed E-state index contributed by atoms with van der Waals surface area (Å²) in [6, 6.07) is 0. The van der Waals surface area contributed by atoms with Crippen molar-refractivity contribution in [1.29, 1.82) is 0 Å². The van der Waals surface area contributed by atoms with Gasteiger partial charge in [-0.1, -0.05) is 0 Å². The zero-order valence-corrected chi connectivity index (χ0v) is 7.35. The fourth-order valence-corrected chi connectivity index (χ4v) is 1.73. The minimum Gasteiger partial charge on any atom is -0.375 e. The fraction of sp³-hybridized carbons (Fsp3) is 0.889. The summed E-state index contributed by atoms with van der Waals surface area (Å²) >= 11 is 0. The molecule has 1 fully saturated rings. The van der Waals surface area contributed by atoms with Gasteiger partial charge >= 0.3 is 0 Å². The lowest BCUT2D eigenvalue weighted by atomic mass is 9.85. The van der Waals surface area contributed by atoms with Crippen LogP contribution in [0.25, 0.3) is 0 Å². The highest BCUT2D eigenvalue weighted by atomic mass is 16.5. The van der Waals surface area contributed by atoms with Gasteiger partial charge in [-0.3, -0.25) is 4.79 Å². The van der Waals surface area contributed by atoms with Crippen molar-refractivity contribution in [3.05, 3.63) is 0 Å². The van der Waals surface area contributed by atoms with Gasteiger partial charge in [-0.25, -0.2) is 0 Å². The molecule has 0 heterocycles. The average Bonchev–Trinajstić information content (AvgIpc) is 1.86. The van der Waals surface area contributed by atoms with Crippen LogP contribution in [0, 0.1) is 0 Å². The second kappa shape index (κ2) is 3.35. The normalized spacial score (nSPS) is 32.4. The van der Waals surface area contributed by atoms with Crippen molar-refractivity contribution in [2.24, 2.45) is 0 Å². The second-order valence-electron chi connectivity index (χ2n) is 3.45. The number of hydrogen-bond donors (Lipinski definition) is 0. The van der Waals surface area contributed by atoms with Gasteiger partial charge in [0.1, 0.15) is 5.78 Å². The number of carbonyl (C=O) groups excluding carboxylic acids is 1. The number of rotatable bonds is 2. The second-order valence-corrected chi connectivity index (χ2v) is 3.45. The largest absolute Gasteiger partial charge is 0.375 e. The third-order valence-electron chi connectivity index (χ3n) is 2.23. The highest BCUT2D eigenvalue weighted by Crippen LogP contribution is 2.28. The zero-order valence-electron chi connectivity index (χ0n) is 7.35. The Labute approximate surface area is 67.9 Å². The molecule has 0 saturated heterocycles. The van der Waals surface area contributed by atoms with Crippen molar-refractivity contribution in [3.63, 3.8) is 0 Å². The van der Waals surface area contributed by atoms with E-state index in [2.05, 4.69) is 0 Å². The predicted octanol–water partition coefficient (Wildman–Crippen LogP) is 1.92. The average molecular weight is 156 g/mol. The first-order valence-electron chi connectivity index (χ1n) is 4.32. The molecule has 2 nitrogen and oxygen atoms in total. The first-order chi connectivity index (χ1) is 5.16. The molecule has 1 atom stereocenters. The van der Waals surface area contributed by atoms with Crippen LogP contribution in [0.1, 0.15) is 39.5 Å².